The lowest BCUT2D eigenvalue weighted by Crippen LogP contribution is -2.49. The molecule has 0 saturated carbocycles. The summed E-state index contributed by atoms with van der Waals surface area (Å²) in [4.78, 5) is 23.4. The van der Waals surface area contributed by atoms with Gasteiger partial charge in [-0.2, -0.15) is 0 Å². The maximum absolute atomic E-state index is 12.8. The zero-order chi connectivity index (χ0) is 19.5. The van der Waals surface area contributed by atoms with Crippen LogP contribution in [0.3, 0.4) is 0 Å². The van der Waals surface area contributed by atoms with E-state index in [4.69, 9.17) is 12.2 Å². The van der Waals surface area contributed by atoms with Gasteiger partial charge in [0.2, 0.25) is 5.91 Å². The van der Waals surface area contributed by atoms with Gasteiger partial charge in [0, 0.05) is 12.6 Å². The number of amides is 2. The number of benzene rings is 2. The minimum Gasteiger partial charge on any atom is -0.357 e. The molecule has 2 amide bonds. The van der Waals surface area contributed by atoms with Crippen LogP contribution in [0.5, 0.6) is 0 Å². The van der Waals surface area contributed by atoms with Gasteiger partial charge in [0.05, 0.1) is 6.54 Å². The van der Waals surface area contributed by atoms with Gasteiger partial charge in [0.1, 0.15) is 5.82 Å². The molecule has 0 unspecified atom stereocenters. The second kappa shape index (κ2) is 10.7. The van der Waals surface area contributed by atoms with Gasteiger partial charge < -0.3 is 10.6 Å². The average Bonchev–Trinajstić information content (AvgIpc) is 2.69. The van der Waals surface area contributed by atoms with Crippen LogP contribution in [0.25, 0.3) is 6.08 Å². The summed E-state index contributed by atoms with van der Waals surface area (Å²) in [6, 6.07) is 15.3. The lowest BCUT2D eigenvalue weighted by Gasteiger charge is -2.11. The van der Waals surface area contributed by atoms with Gasteiger partial charge >= 0.3 is 0 Å². The first kappa shape index (κ1) is 20.1. The van der Waals surface area contributed by atoms with Crippen molar-refractivity contribution in [2.75, 3.05) is 6.54 Å². The Kier molecular flexibility index (Phi) is 7.92. The molecule has 0 aromatic heterocycles. The summed E-state index contributed by atoms with van der Waals surface area (Å²) in [6.07, 6.45) is 3.00. The Hall–Kier alpha value is -3.26. The van der Waals surface area contributed by atoms with Gasteiger partial charge in [0.15, 0.2) is 5.11 Å². The highest BCUT2D eigenvalue weighted by Gasteiger charge is 2.04. The Morgan fingerprint density at radius 2 is 1.67 bits per heavy atom. The van der Waals surface area contributed by atoms with Crippen molar-refractivity contribution in [3.05, 3.63) is 77.6 Å². The molecule has 2 aromatic carbocycles. The first-order valence-electron chi connectivity index (χ1n) is 8.11. The van der Waals surface area contributed by atoms with Crippen molar-refractivity contribution in [1.82, 2.24) is 21.5 Å². The van der Waals surface area contributed by atoms with E-state index in [-0.39, 0.29) is 23.4 Å². The number of hydrogen-bond acceptors (Lipinski definition) is 3. The number of nitrogens with one attached hydrogen (secondary N) is 4. The van der Waals surface area contributed by atoms with Crippen LogP contribution in [0.15, 0.2) is 60.7 Å². The van der Waals surface area contributed by atoms with Crippen molar-refractivity contribution in [2.24, 2.45) is 0 Å². The SMILES string of the molecule is O=C(/C=C/c1ccccc1)NCC(=O)NNC(=S)NCc1ccc(F)cc1. The number of rotatable bonds is 6. The lowest BCUT2D eigenvalue weighted by atomic mass is 10.2. The summed E-state index contributed by atoms with van der Waals surface area (Å²) >= 11 is 5.02. The summed E-state index contributed by atoms with van der Waals surface area (Å²) in [5, 5.41) is 5.52. The Bertz CT molecular complexity index is 810. The number of hydrazine groups is 1. The standard InChI is InChI=1S/C19H19FN4O2S/c20-16-9-6-15(7-10-16)12-22-19(27)24-23-18(26)13-21-17(25)11-8-14-4-2-1-3-5-14/h1-11H,12-13H2,(H,21,25)(H,23,26)(H2,22,24,27)/b11-8+. The highest BCUT2D eigenvalue weighted by atomic mass is 32.1. The molecule has 2 rings (SSSR count). The van der Waals surface area contributed by atoms with E-state index in [2.05, 4.69) is 21.5 Å². The van der Waals surface area contributed by atoms with E-state index >= 15 is 0 Å². The van der Waals surface area contributed by atoms with Crippen LogP contribution < -0.4 is 21.5 Å². The fourth-order valence-corrected chi connectivity index (χ4v) is 2.09. The lowest BCUT2D eigenvalue weighted by molar-refractivity contribution is -0.124. The monoisotopic (exact) mass is 386 g/mol. The topological polar surface area (TPSA) is 82.3 Å². The van der Waals surface area contributed by atoms with Crippen molar-refractivity contribution in [1.29, 1.82) is 0 Å². The van der Waals surface area contributed by atoms with Crippen LogP contribution in [0.4, 0.5) is 4.39 Å². The first-order chi connectivity index (χ1) is 13.0. The highest BCUT2D eigenvalue weighted by molar-refractivity contribution is 7.80. The van der Waals surface area contributed by atoms with Gasteiger partial charge in [-0.3, -0.25) is 20.4 Å². The molecule has 0 radical (unpaired) electrons. The molecule has 0 aliphatic heterocycles. The predicted molar refractivity (Wildman–Crippen MR) is 106 cm³/mol. The zero-order valence-electron chi connectivity index (χ0n) is 14.4. The predicted octanol–water partition coefficient (Wildman–Crippen LogP) is 1.65. The van der Waals surface area contributed by atoms with E-state index < -0.39 is 5.91 Å². The van der Waals surface area contributed by atoms with Crippen molar-refractivity contribution >= 4 is 35.2 Å². The molecule has 0 heterocycles. The quantitative estimate of drug-likeness (QED) is 0.345. The van der Waals surface area contributed by atoms with Crippen molar-refractivity contribution in [3.63, 3.8) is 0 Å². The second-order valence-corrected chi connectivity index (χ2v) is 5.85. The molecule has 6 nitrogen and oxygen atoms in total. The normalized spacial score (nSPS) is 10.3. The van der Waals surface area contributed by atoms with Crippen molar-refractivity contribution < 1.29 is 14.0 Å². The Balaban J connectivity index is 1.62. The van der Waals surface area contributed by atoms with E-state index in [1.54, 1.807) is 18.2 Å². The van der Waals surface area contributed by atoms with E-state index in [0.29, 0.717) is 6.54 Å². The fraction of sp³-hybridized carbons (Fsp3) is 0.105. The molecule has 4 N–H and O–H groups in total. The highest BCUT2D eigenvalue weighted by Crippen LogP contribution is 2.02. The van der Waals surface area contributed by atoms with Gasteiger partial charge in [-0.05, 0) is 41.6 Å². The van der Waals surface area contributed by atoms with Crippen LogP contribution in [0.1, 0.15) is 11.1 Å². The Morgan fingerprint density at radius 3 is 2.37 bits per heavy atom. The third-order valence-electron chi connectivity index (χ3n) is 3.33. The van der Waals surface area contributed by atoms with E-state index in [1.165, 1.54) is 18.2 Å². The van der Waals surface area contributed by atoms with Crippen molar-refractivity contribution in [2.45, 2.75) is 6.54 Å². The summed E-state index contributed by atoms with van der Waals surface area (Å²) in [6.45, 7) is 0.175. The van der Waals surface area contributed by atoms with Gasteiger partial charge in [0.25, 0.3) is 5.91 Å². The van der Waals surface area contributed by atoms with Crippen LogP contribution in [-0.2, 0) is 16.1 Å². The van der Waals surface area contributed by atoms with E-state index in [0.717, 1.165) is 11.1 Å². The molecule has 2 aromatic rings. The van der Waals surface area contributed by atoms with E-state index in [9.17, 15) is 14.0 Å². The molecule has 0 fully saturated rings. The third kappa shape index (κ3) is 8.10. The molecule has 0 aliphatic carbocycles. The number of carbonyl (C=O) groups excluding carboxylic acids is 2. The molecule has 27 heavy (non-hydrogen) atoms. The minimum atomic E-state index is -0.456. The Morgan fingerprint density at radius 1 is 0.963 bits per heavy atom. The van der Waals surface area contributed by atoms with Crippen LogP contribution in [0, 0.1) is 5.82 Å². The molecule has 0 bridgehead atoms. The summed E-state index contributed by atoms with van der Waals surface area (Å²) in [5.74, 6) is -1.15. The third-order valence-corrected chi connectivity index (χ3v) is 3.58. The minimum absolute atomic E-state index is 0.197. The van der Waals surface area contributed by atoms with Crippen LogP contribution in [-0.4, -0.2) is 23.5 Å². The maximum atomic E-state index is 12.8. The van der Waals surface area contributed by atoms with Crippen LogP contribution >= 0.6 is 12.2 Å². The smallest absolute Gasteiger partial charge is 0.257 e. The molecule has 0 aliphatic rings. The largest absolute Gasteiger partial charge is 0.357 e. The summed E-state index contributed by atoms with van der Waals surface area (Å²) < 4.78 is 12.8. The van der Waals surface area contributed by atoms with Gasteiger partial charge in [-0.25, -0.2) is 4.39 Å². The number of carbonyl (C=O) groups is 2. The second-order valence-electron chi connectivity index (χ2n) is 5.44. The zero-order valence-corrected chi connectivity index (χ0v) is 15.2. The number of hydrogen-bond donors (Lipinski definition) is 4. The summed E-state index contributed by atoms with van der Waals surface area (Å²) in [5.41, 5.74) is 6.61. The van der Waals surface area contributed by atoms with Gasteiger partial charge in [-0.15, -0.1) is 0 Å². The average molecular weight is 386 g/mol. The first-order valence-corrected chi connectivity index (χ1v) is 8.52. The molecule has 0 spiro atoms. The molecule has 0 atom stereocenters. The van der Waals surface area contributed by atoms with E-state index in [1.807, 2.05) is 30.3 Å². The molecular formula is C19H19FN4O2S. The fourth-order valence-electron chi connectivity index (χ4n) is 1.96. The molecule has 140 valence electrons. The molecular weight excluding hydrogens is 367 g/mol. The molecule has 0 saturated heterocycles. The van der Waals surface area contributed by atoms with Gasteiger partial charge in [-0.1, -0.05) is 42.5 Å². The Labute approximate surface area is 161 Å². The maximum Gasteiger partial charge on any atom is 0.257 e. The van der Waals surface area contributed by atoms with Crippen molar-refractivity contribution in [3.8, 4) is 0 Å². The van der Waals surface area contributed by atoms with Crippen LogP contribution in [0.2, 0.25) is 0 Å². The number of thiocarbonyl (C=S) groups is 1. The summed E-state index contributed by atoms with van der Waals surface area (Å²) in [7, 11) is 0. The molecule has 8 heteroatoms. The number of halogens is 1.